The van der Waals surface area contributed by atoms with Crippen molar-refractivity contribution in [3.63, 3.8) is 0 Å². The minimum Gasteiger partial charge on any atom is -0.493 e. The molecule has 3 rings (SSSR count). The van der Waals surface area contributed by atoms with Gasteiger partial charge in [-0.3, -0.25) is 4.79 Å². The number of hydrogen-bond donors (Lipinski definition) is 2. The van der Waals surface area contributed by atoms with Crippen LogP contribution in [0.25, 0.3) is 0 Å². The molecule has 7 heteroatoms. The predicted molar refractivity (Wildman–Crippen MR) is 111 cm³/mol. The molecule has 3 aromatic rings. The van der Waals surface area contributed by atoms with Crippen LogP contribution in [-0.2, 0) is 13.1 Å². The molecule has 2 aromatic carbocycles. The number of carbonyl (C=O) groups is 1. The maximum atomic E-state index is 12.3. The fraction of sp³-hybridized carbons (Fsp3) is 0.227. The number of carbonyl (C=O) groups excluding carboxylic acids is 1. The third-order valence-electron chi connectivity index (χ3n) is 4.39. The summed E-state index contributed by atoms with van der Waals surface area (Å²) in [5.41, 5.74) is 3.63. The van der Waals surface area contributed by atoms with Gasteiger partial charge in [-0.15, -0.1) is 0 Å². The van der Waals surface area contributed by atoms with Crippen molar-refractivity contribution in [1.82, 2.24) is 15.3 Å². The zero-order chi connectivity index (χ0) is 20.6. The van der Waals surface area contributed by atoms with Crippen LogP contribution in [0.4, 0.5) is 5.95 Å². The summed E-state index contributed by atoms with van der Waals surface area (Å²) in [5, 5.41) is 6.00. The van der Waals surface area contributed by atoms with Crippen LogP contribution in [0.1, 0.15) is 27.0 Å². The van der Waals surface area contributed by atoms with Crippen molar-refractivity contribution in [3.05, 3.63) is 77.1 Å². The van der Waals surface area contributed by atoms with Crippen molar-refractivity contribution < 1.29 is 14.3 Å². The van der Waals surface area contributed by atoms with Gasteiger partial charge in [0, 0.05) is 25.5 Å². The fourth-order valence-electron chi connectivity index (χ4n) is 2.70. The van der Waals surface area contributed by atoms with Gasteiger partial charge in [-0.2, -0.15) is 0 Å². The molecule has 0 unspecified atom stereocenters. The molecule has 0 aliphatic heterocycles. The lowest BCUT2D eigenvalue weighted by Gasteiger charge is -2.10. The van der Waals surface area contributed by atoms with Crippen LogP contribution in [0, 0.1) is 6.92 Å². The number of nitrogens with zero attached hydrogens (tertiary/aromatic N) is 2. The van der Waals surface area contributed by atoms with Gasteiger partial charge in [-0.05, 0) is 30.2 Å². The Morgan fingerprint density at radius 1 is 0.897 bits per heavy atom. The molecule has 29 heavy (non-hydrogen) atoms. The van der Waals surface area contributed by atoms with Gasteiger partial charge in [-0.25, -0.2) is 9.97 Å². The summed E-state index contributed by atoms with van der Waals surface area (Å²) >= 11 is 0. The second kappa shape index (κ2) is 9.54. The molecule has 0 aliphatic rings. The number of aryl methyl sites for hydroxylation is 1. The molecule has 0 bridgehead atoms. The number of rotatable bonds is 8. The van der Waals surface area contributed by atoms with E-state index in [0.29, 0.717) is 36.1 Å². The van der Waals surface area contributed by atoms with Gasteiger partial charge >= 0.3 is 0 Å². The highest BCUT2D eigenvalue weighted by molar-refractivity contribution is 5.93. The molecule has 0 saturated carbocycles. The molecule has 150 valence electrons. The highest BCUT2D eigenvalue weighted by Crippen LogP contribution is 2.27. The molecule has 1 aromatic heterocycles. The van der Waals surface area contributed by atoms with E-state index in [1.54, 1.807) is 14.2 Å². The Morgan fingerprint density at radius 3 is 2.21 bits per heavy atom. The molecule has 0 aliphatic carbocycles. The summed E-state index contributed by atoms with van der Waals surface area (Å²) in [6.07, 6.45) is 3.02. The third-order valence-corrected chi connectivity index (χ3v) is 4.39. The number of aromatic nitrogens is 2. The molecule has 0 radical (unpaired) electrons. The normalized spacial score (nSPS) is 10.3. The number of amides is 1. The van der Waals surface area contributed by atoms with Gasteiger partial charge in [0.1, 0.15) is 0 Å². The summed E-state index contributed by atoms with van der Waals surface area (Å²) in [4.78, 5) is 20.7. The van der Waals surface area contributed by atoms with E-state index in [9.17, 15) is 4.79 Å². The van der Waals surface area contributed by atoms with Crippen LogP contribution in [0.2, 0.25) is 0 Å². The highest BCUT2D eigenvalue weighted by Gasteiger charge is 2.08. The highest BCUT2D eigenvalue weighted by atomic mass is 16.5. The van der Waals surface area contributed by atoms with Crippen molar-refractivity contribution >= 4 is 11.9 Å². The van der Waals surface area contributed by atoms with Gasteiger partial charge < -0.3 is 20.1 Å². The van der Waals surface area contributed by atoms with Crippen molar-refractivity contribution in [1.29, 1.82) is 0 Å². The lowest BCUT2D eigenvalue weighted by atomic mass is 10.1. The predicted octanol–water partition coefficient (Wildman–Crippen LogP) is 3.34. The molecule has 0 atom stereocenters. The first-order valence-corrected chi connectivity index (χ1v) is 9.19. The Hall–Kier alpha value is -3.61. The lowest BCUT2D eigenvalue weighted by molar-refractivity contribution is 0.0950. The summed E-state index contributed by atoms with van der Waals surface area (Å²) in [6, 6.07) is 13.7. The van der Waals surface area contributed by atoms with Crippen molar-refractivity contribution in [3.8, 4) is 11.5 Å². The minimum absolute atomic E-state index is 0.211. The smallest absolute Gasteiger partial charge is 0.254 e. The van der Waals surface area contributed by atoms with E-state index in [4.69, 9.17) is 9.47 Å². The zero-order valence-electron chi connectivity index (χ0n) is 16.7. The van der Waals surface area contributed by atoms with E-state index < -0.39 is 0 Å². The monoisotopic (exact) mass is 392 g/mol. The SMILES string of the molecule is COc1ccc(CNc2ncc(C(=O)NCc3ccc(C)cc3)cn2)cc1OC. The van der Waals surface area contributed by atoms with Crippen LogP contribution in [0.15, 0.2) is 54.9 Å². The van der Waals surface area contributed by atoms with E-state index in [1.165, 1.54) is 18.0 Å². The fourth-order valence-corrected chi connectivity index (χ4v) is 2.70. The lowest BCUT2D eigenvalue weighted by Crippen LogP contribution is -2.23. The van der Waals surface area contributed by atoms with E-state index in [2.05, 4.69) is 20.6 Å². The molecular formula is C22H24N4O3. The summed E-state index contributed by atoms with van der Waals surface area (Å²) < 4.78 is 10.5. The van der Waals surface area contributed by atoms with Gasteiger partial charge in [0.15, 0.2) is 11.5 Å². The van der Waals surface area contributed by atoms with Gasteiger partial charge in [0.2, 0.25) is 5.95 Å². The van der Waals surface area contributed by atoms with E-state index in [0.717, 1.165) is 11.1 Å². The van der Waals surface area contributed by atoms with Crippen molar-refractivity contribution in [2.45, 2.75) is 20.0 Å². The first-order chi connectivity index (χ1) is 14.1. The number of anilines is 1. The average molecular weight is 392 g/mol. The molecule has 1 amide bonds. The maximum absolute atomic E-state index is 12.3. The molecule has 1 heterocycles. The van der Waals surface area contributed by atoms with Crippen molar-refractivity contribution in [2.75, 3.05) is 19.5 Å². The van der Waals surface area contributed by atoms with Crippen LogP contribution >= 0.6 is 0 Å². The average Bonchev–Trinajstić information content (AvgIpc) is 2.77. The Balaban J connectivity index is 1.54. The number of hydrogen-bond acceptors (Lipinski definition) is 6. The van der Waals surface area contributed by atoms with Crippen LogP contribution in [-0.4, -0.2) is 30.1 Å². The van der Waals surface area contributed by atoms with E-state index >= 15 is 0 Å². The molecule has 2 N–H and O–H groups in total. The largest absolute Gasteiger partial charge is 0.493 e. The van der Waals surface area contributed by atoms with Crippen LogP contribution < -0.4 is 20.1 Å². The molecule has 0 fully saturated rings. The number of ether oxygens (including phenoxy) is 2. The van der Waals surface area contributed by atoms with Crippen LogP contribution in [0.5, 0.6) is 11.5 Å². The van der Waals surface area contributed by atoms with Gasteiger partial charge in [-0.1, -0.05) is 35.9 Å². The Labute approximate surface area is 170 Å². The Morgan fingerprint density at radius 2 is 1.55 bits per heavy atom. The second-order valence-electron chi connectivity index (χ2n) is 6.51. The number of methoxy groups -OCH3 is 2. The first-order valence-electron chi connectivity index (χ1n) is 9.19. The molecule has 7 nitrogen and oxygen atoms in total. The summed E-state index contributed by atoms with van der Waals surface area (Å²) in [6.45, 7) is 3.00. The van der Waals surface area contributed by atoms with Gasteiger partial charge in [0.25, 0.3) is 5.91 Å². The van der Waals surface area contributed by atoms with E-state index in [-0.39, 0.29) is 5.91 Å². The van der Waals surface area contributed by atoms with E-state index in [1.807, 2.05) is 49.4 Å². The van der Waals surface area contributed by atoms with Crippen molar-refractivity contribution in [2.24, 2.45) is 0 Å². The standard InChI is InChI=1S/C22H24N4O3/c1-15-4-6-16(7-5-15)11-23-21(27)18-13-25-22(26-14-18)24-12-17-8-9-19(28-2)20(10-17)29-3/h4-10,13-14H,11-12H2,1-3H3,(H,23,27)(H,24,25,26). The summed E-state index contributed by atoms with van der Waals surface area (Å²) in [7, 11) is 3.20. The third kappa shape index (κ3) is 5.44. The Bertz CT molecular complexity index is 957. The van der Waals surface area contributed by atoms with Gasteiger partial charge in [0.05, 0.1) is 19.8 Å². The zero-order valence-corrected chi connectivity index (χ0v) is 16.7. The second-order valence-corrected chi connectivity index (χ2v) is 6.51. The quantitative estimate of drug-likeness (QED) is 0.612. The Kier molecular flexibility index (Phi) is 6.63. The summed E-state index contributed by atoms with van der Waals surface area (Å²) in [5.74, 6) is 1.56. The van der Waals surface area contributed by atoms with Crippen LogP contribution in [0.3, 0.4) is 0 Å². The molecule has 0 spiro atoms. The number of nitrogens with one attached hydrogen (secondary N) is 2. The maximum Gasteiger partial charge on any atom is 0.254 e. The first kappa shape index (κ1) is 20.1. The topological polar surface area (TPSA) is 85.4 Å². The number of benzene rings is 2. The molecular weight excluding hydrogens is 368 g/mol. The minimum atomic E-state index is -0.211. The molecule has 0 saturated heterocycles.